The zero-order chi connectivity index (χ0) is 14.0. The maximum absolute atomic E-state index is 11.6. The van der Waals surface area contributed by atoms with Crippen LogP contribution in [-0.4, -0.2) is 22.4 Å². The van der Waals surface area contributed by atoms with Gasteiger partial charge in [-0.1, -0.05) is 0 Å². The Morgan fingerprint density at radius 2 is 2.16 bits per heavy atom. The van der Waals surface area contributed by atoms with Gasteiger partial charge in [0.1, 0.15) is 0 Å². The van der Waals surface area contributed by atoms with E-state index in [4.69, 9.17) is 0 Å². The van der Waals surface area contributed by atoms with Gasteiger partial charge in [0, 0.05) is 30.9 Å². The van der Waals surface area contributed by atoms with Crippen molar-refractivity contribution in [2.75, 3.05) is 0 Å². The molecule has 0 spiro atoms. The monoisotopic (exact) mass is 263 g/mol. The van der Waals surface area contributed by atoms with Gasteiger partial charge in [0.05, 0.1) is 6.04 Å². The summed E-state index contributed by atoms with van der Waals surface area (Å²) in [6, 6.07) is 1.89. The van der Waals surface area contributed by atoms with Gasteiger partial charge in [0.2, 0.25) is 11.8 Å². The van der Waals surface area contributed by atoms with Crippen molar-refractivity contribution >= 4 is 11.8 Å². The molecule has 1 aliphatic heterocycles. The van der Waals surface area contributed by atoms with Crippen LogP contribution in [0, 0.1) is 13.8 Å². The molecule has 1 saturated heterocycles. The van der Waals surface area contributed by atoms with Crippen LogP contribution in [0.15, 0.2) is 6.07 Å². The Morgan fingerprint density at radius 3 is 2.74 bits per heavy atom. The van der Waals surface area contributed by atoms with E-state index in [9.17, 15) is 9.59 Å². The Kier molecular flexibility index (Phi) is 4.04. The van der Waals surface area contributed by atoms with Crippen LogP contribution in [0.2, 0.25) is 0 Å². The number of aromatic nitrogens is 1. The minimum Gasteiger partial charge on any atom is -0.349 e. The molecule has 19 heavy (non-hydrogen) atoms. The molecule has 0 radical (unpaired) electrons. The summed E-state index contributed by atoms with van der Waals surface area (Å²) >= 11 is 0. The number of amides is 2. The molecule has 2 amide bonds. The first kappa shape index (κ1) is 13.8. The van der Waals surface area contributed by atoms with E-state index in [1.165, 1.54) is 17.0 Å². The zero-order valence-electron chi connectivity index (χ0n) is 11.7. The van der Waals surface area contributed by atoms with E-state index in [2.05, 4.69) is 42.0 Å². The summed E-state index contributed by atoms with van der Waals surface area (Å²) in [7, 11) is 0. The molecule has 1 aromatic heterocycles. The molecule has 1 fully saturated rings. The molecular formula is C14H21N3O2. The highest BCUT2D eigenvalue weighted by Gasteiger charge is 2.26. The van der Waals surface area contributed by atoms with Gasteiger partial charge in [0.15, 0.2) is 0 Å². The van der Waals surface area contributed by atoms with Crippen molar-refractivity contribution in [3.8, 4) is 0 Å². The number of carbonyl (C=O) groups is 2. The Morgan fingerprint density at radius 1 is 1.42 bits per heavy atom. The first-order valence-electron chi connectivity index (χ1n) is 6.75. The molecule has 0 aliphatic carbocycles. The normalized spacial score (nSPS) is 19.6. The van der Waals surface area contributed by atoms with Gasteiger partial charge >= 0.3 is 0 Å². The summed E-state index contributed by atoms with van der Waals surface area (Å²) in [5.41, 5.74) is 3.68. The molecule has 1 unspecified atom stereocenters. The fraction of sp³-hybridized carbons (Fsp3) is 0.571. The van der Waals surface area contributed by atoms with Crippen LogP contribution >= 0.6 is 0 Å². The number of hydrogen-bond acceptors (Lipinski definition) is 3. The van der Waals surface area contributed by atoms with Crippen LogP contribution in [0.1, 0.15) is 36.7 Å². The second kappa shape index (κ2) is 5.57. The van der Waals surface area contributed by atoms with E-state index in [1.807, 2.05) is 0 Å². The van der Waals surface area contributed by atoms with Crippen LogP contribution in [0.4, 0.5) is 0 Å². The smallest absolute Gasteiger partial charge is 0.243 e. The topological polar surface area (TPSA) is 63.1 Å². The predicted molar refractivity (Wildman–Crippen MR) is 72.6 cm³/mol. The molecule has 5 nitrogen and oxygen atoms in total. The van der Waals surface area contributed by atoms with Gasteiger partial charge in [-0.2, -0.15) is 0 Å². The summed E-state index contributed by atoms with van der Waals surface area (Å²) < 4.78 is 2.25. The second-order valence-electron chi connectivity index (χ2n) is 5.03. The van der Waals surface area contributed by atoms with Crippen LogP contribution in [0.3, 0.4) is 0 Å². The molecule has 0 aromatic carbocycles. The molecule has 2 rings (SSSR count). The summed E-state index contributed by atoms with van der Waals surface area (Å²) in [5.74, 6) is -0.382. The van der Waals surface area contributed by atoms with Crippen molar-refractivity contribution < 1.29 is 9.59 Å². The maximum atomic E-state index is 11.6. The quantitative estimate of drug-likeness (QED) is 0.797. The molecule has 1 atom stereocenters. The van der Waals surface area contributed by atoms with Crippen LogP contribution < -0.4 is 10.6 Å². The predicted octanol–water partition coefficient (Wildman–Crippen LogP) is 1.02. The third-order valence-corrected chi connectivity index (χ3v) is 3.77. The van der Waals surface area contributed by atoms with Gasteiger partial charge in [-0.15, -0.1) is 0 Å². The first-order chi connectivity index (χ1) is 9.02. The summed E-state index contributed by atoms with van der Waals surface area (Å²) in [6.45, 7) is 7.92. The van der Waals surface area contributed by atoms with Crippen LogP contribution in [-0.2, 0) is 22.7 Å². The van der Waals surface area contributed by atoms with E-state index in [0.717, 1.165) is 6.54 Å². The lowest BCUT2D eigenvalue weighted by atomic mass is 10.1. The highest BCUT2D eigenvalue weighted by atomic mass is 16.2. The molecule has 104 valence electrons. The highest BCUT2D eigenvalue weighted by molar-refractivity contribution is 6.00. The van der Waals surface area contributed by atoms with Gasteiger partial charge in [0.25, 0.3) is 0 Å². The fourth-order valence-corrected chi connectivity index (χ4v) is 2.66. The number of aryl methyl sites for hydroxylation is 1. The van der Waals surface area contributed by atoms with E-state index < -0.39 is 0 Å². The first-order valence-corrected chi connectivity index (χ1v) is 6.75. The minimum atomic E-state index is -0.262. The third kappa shape index (κ3) is 2.87. The largest absolute Gasteiger partial charge is 0.349 e. The van der Waals surface area contributed by atoms with Crippen molar-refractivity contribution in [3.05, 3.63) is 23.0 Å². The molecule has 5 heteroatoms. The maximum Gasteiger partial charge on any atom is 0.243 e. The second-order valence-corrected chi connectivity index (χ2v) is 5.03. The highest BCUT2D eigenvalue weighted by Crippen LogP contribution is 2.15. The zero-order valence-corrected chi connectivity index (χ0v) is 11.7. The van der Waals surface area contributed by atoms with E-state index in [0.29, 0.717) is 19.4 Å². The van der Waals surface area contributed by atoms with Crippen LogP contribution in [0.5, 0.6) is 0 Å². The number of hydrogen-bond donors (Lipinski definition) is 2. The number of piperidine rings is 1. The summed E-state index contributed by atoms with van der Waals surface area (Å²) in [4.78, 5) is 22.7. The van der Waals surface area contributed by atoms with E-state index in [-0.39, 0.29) is 17.9 Å². The van der Waals surface area contributed by atoms with Crippen molar-refractivity contribution in [3.63, 3.8) is 0 Å². The lowest BCUT2D eigenvalue weighted by Gasteiger charge is -2.21. The molecule has 2 N–H and O–H groups in total. The number of nitrogens with one attached hydrogen (secondary N) is 2. The Labute approximate surface area is 113 Å². The number of carbonyl (C=O) groups excluding carboxylic acids is 2. The molecule has 1 aromatic rings. The molecular weight excluding hydrogens is 242 g/mol. The lowest BCUT2D eigenvalue weighted by Crippen LogP contribution is -2.50. The van der Waals surface area contributed by atoms with Gasteiger partial charge < -0.3 is 9.88 Å². The van der Waals surface area contributed by atoms with Crippen LogP contribution in [0.25, 0.3) is 0 Å². The Bertz CT molecular complexity index is 505. The van der Waals surface area contributed by atoms with Gasteiger partial charge in [-0.05, 0) is 38.8 Å². The molecule has 0 saturated carbocycles. The summed E-state index contributed by atoms with van der Waals surface area (Å²) in [5, 5.41) is 5.60. The van der Waals surface area contributed by atoms with E-state index in [1.54, 1.807) is 0 Å². The van der Waals surface area contributed by atoms with Gasteiger partial charge in [-0.3, -0.25) is 14.9 Å². The Balaban J connectivity index is 1.99. The number of rotatable bonds is 4. The molecule has 2 heterocycles. The average molecular weight is 263 g/mol. The standard InChI is InChI=1S/C14H21N3O2/c1-4-17-9(2)7-11(10(17)3)8-15-12-5-6-13(18)16-14(12)19/h7,12,15H,4-6,8H2,1-3H3,(H,16,18,19). The summed E-state index contributed by atoms with van der Waals surface area (Å²) in [6.07, 6.45) is 0.995. The third-order valence-electron chi connectivity index (χ3n) is 3.77. The average Bonchev–Trinajstić information content (AvgIpc) is 2.63. The SMILES string of the molecule is CCn1c(C)cc(CNC2CCC(=O)NC2=O)c1C. The van der Waals surface area contributed by atoms with Crippen molar-refractivity contribution in [1.82, 2.24) is 15.2 Å². The molecule has 1 aliphatic rings. The number of nitrogens with zero attached hydrogens (tertiary/aromatic N) is 1. The lowest BCUT2D eigenvalue weighted by molar-refractivity contribution is -0.134. The fourth-order valence-electron chi connectivity index (χ4n) is 2.66. The number of imide groups is 1. The Hall–Kier alpha value is -1.62. The molecule has 0 bridgehead atoms. The van der Waals surface area contributed by atoms with Gasteiger partial charge in [-0.25, -0.2) is 0 Å². The van der Waals surface area contributed by atoms with Crippen molar-refractivity contribution in [2.45, 2.75) is 52.7 Å². The minimum absolute atomic E-state index is 0.174. The van der Waals surface area contributed by atoms with E-state index >= 15 is 0 Å². The van der Waals surface area contributed by atoms with Crippen molar-refractivity contribution in [1.29, 1.82) is 0 Å². The van der Waals surface area contributed by atoms with Crippen molar-refractivity contribution in [2.24, 2.45) is 0 Å².